The van der Waals surface area contributed by atoms with Gasteiger partial charge in [-0.3, -0.25) is 4.79 Å². The van der Waals surface area contributed by atoms with Gasteiger partial charge in [0.15, 0.2) is 0 Å². The second-order valence-electron chi connectivity index (χ2n) is 7.20. The molecule has 28 heavy (non-hydrogen) atoms. The number of benzene rings is 4. The van der Waals surface area contributed by atoms with Gasteiger partial charge in [-0.25, -0.2) is 0 Å². The first-order valence-corrected chi connectivity index (χ1v) is 9.51. The molecule has 0 saturated heterocycles. The molecule has 138 valence electrons. The number of carbonyl (C=O) groups excluding carboxylic acids is 1. The topological polar surface area (TPSA) is 20.3 Å². The van der Waals surface area contributed by atoms with Gasteiger partial charge in [0.2, 0.25) is 0 Å². The molecule has 0 aliphatic rings. The van der Waals surface area contributed by atoms with Gasteiger partial charge >= 0.3 is 0 Å². The predicted molar refractivity (Wildman–Crippen MR) is 116 cm³/mol. The van der Waals surface area contributed by atoms with Crippen LogP contribution in [0.1, 0.15) is 33.1 Å². The van der Waals surface area contributed by atoms with Crippen LogP contribution in [0.5, 0.6) is 0 Å². The van der Waals surface area contributed by atoms with Gasteiger partial charge in [0.1, 0.15) is 0 Å². The SMILES string of the molecule is Cc1ccc(C(c2ccc3ccccc3c2)N(C)C(=O)c2ccccc2)cc1. The molecule has 0 N–H and O–H groups in total. The molecule has 0 bridgehead atoms. The molecule has 0 radical (unpaired) electrons. The third kappa shape index (κ3) is 3.54. The van der Waals surface area contributed by atoms with Gasteiger partial charge in [0.25, 0.3) is 5.91 Å². The summed E-state index contributed by atoms with van der Waals surface area (Å²) >= 11 is 0. The van der Waals surface area contributed by atoms with Crippen molar-refractivity contribution in [3.05, 3.63) is 119 Å². The summed E-state index contributed by atoms with van der Waals surface area (Å²) in [7, 11) is 1.88. The van der Waals surface area contributed by atoms with E-state index in [2.05, 4.69) is 61.5 Å². The fourth-order valence-electron chi connectivity index (χ4n) is 3.67. The third-order valence-electron chi connectivity index (χ3n) is 5.21. The quantitative estimate of drug-likeness (QED) is 0.434. The Labute approximate surface area is 166 Å². The van der Waals surface area contributed by atoms with Crippen LogP contribution < -0.4 is 0 Å². The van der Waals surface area contributed by atoms with Crippen molar-refractivity contribution in [1.29, 1.82) is 0 Å². The first kappa shape index (κ1) is 18.0. The Morgan fingerprint density at radius 3 is 2.04 bits per heavy atom. The maximum Gasteiger partial charge on any atom is 0.254 e. The second kappa shape index (κ2) is 7.69. The molecule has 1 unspecified atom stereocenters. The first-order valence-electron chi connectivity index (χ1n) is 9.51. The van der Waals surface area contributed by atoms with Gasteiger partial charge in [-0.05, 0) is 47.0 Å². The van der Waals surface area contributed by atoms with Crippen LogP contribution >= 0.6 is 0 Å². The number of amides is 1. The van der Waals surface area contributed by atoms with Crippen molar-refractivity contribution in [2.45, 2.75) is 13.0 Å². The van der Waals surface area contributed by atoms with Crippen LogP contribution in [0.25, 0.3) is 10.8 Å². The van der Waals surface area contributed by atoms with Crippen LogP contribution in [0.4, 0.5) is 0 Å². The van der Waals surface area contributed by atoms with Crippen molar-refractivity contribution >= 4 is 16.7 Å². The zero-order valence-corrected chi connectivity index (χ0v) is 16.2. The van der Waals surface area contributed by atoms with Crippen molar-refractivity contribution in [3.8, 4) is 0 Å². The van der Waals surface area contributed by atoms with E-state index in [-0.39, 0.29) is 11.9 Å². The summed E-state index contributed by atoms with van der Waals surface area (Å²) in [6.07, 6.45) is 0. The van der Waals surface area contributed by atoms with Gasteiger partial charge in [-0.1, -0.05) is 84.4 Å². The van der Waals surface area contributed by atoms with Crippen LogP contribution in [-0.4, -0.2) is 17.9 Å². The molecule has 2 heteroatoms. The third-order valence-corrected chi connectivity index (χ3v) is 5.21. The Hall–Kier alpha value is -3.39. The summed E-state index contributed by atoms with van der Waals surface area (Å²) < 4.78 is 0. The highest BCUT2D eigenvalue weighted by molar-refractivity contribution is 5.94. The molecule has 0 spiro atoms. The largest absolute Gasteiger partial charge is 0.331 e. The van der Waals surface area contributed by atoms with Crippen molar-refractivity contribution in [2.24, 2.45) is 0 Å². The average Bonchev–Trinajstić information content (AvgIpc) is 2.75. The number of carbonyl (C=O) groups is 1. The molecule has 0 aromatic heterocycles. The number of fused-ring (bicyclic) bond motifs is 1. The Balaban J connectivity index is 1.81. The normalized spacial score (nSPS) is 11.9. The molecule has 2 nitrogen and oxygen atoms in total. The number of aryl methyl sites for hydroxylation is 1. The van der Waals surface area contributed by atoms with E-state index in [1.807, 2.05) is 54.4 Å². The van der Waals surface area contributed by atoms with Crippen LogP contribution in [0.15, 0.2) is 97.1 Å². The molecule has 1 atom stereocenters. The lowest BCUT2D eigenvalue weighted by molar-refractivity contribution is 0.0755. The highest BCUT2D eigenvalue weighted by atomic mass is 16.2. The van der Waals surface area contributed by atoms with E-state index in [0.29, 0.717) is 5.56 Å². The fraction of sp³-hybridized carbons (Fsp3) is 0.115. The predicted octanol–water partition coefficient (Wildman–Crippen LogP) is 6.01. The van der Waals surface area contributed by atoms with E-state index in [1.165, 1.54) is 16.3 Å². The summed E-state index contributed by atoms with van der Waals surface area (Å²) in [6, 6.07) is 32.5. The Morgan fingerprint density at radius 1 is 0.714 bits per heavy atom. The van der Waals surface area contributed by atoms with Crippen molar-refractivity contribution in [1.82, 2.24) is 4.90 Å². The van der Waals surface area contributed by atoms with E-state index in [0.717, 1.165) is 11.1 Å². The van der Waals surface area contributed by atoms with E-state index in [1.54, 1.807) is 0 Å². The number of hydrogen-bond acceptors (Lipinski definition) is 1. The lowest BCUT2D eigenvalue weighted by Gasteiger charge is -2.29. The minimum absolute atomic E-state index is 0.0133. The molecule has 4 rings (SSSR count). The summed E-state index contributed by atoms with van der Waals surface area (Å²) in [5, 5.41) is 2.38. The van der Waals surface area contributed by atoms with Crippen LogP contribution in [0.3, 0.4) is 0 Å². The molecule has 0 saturated carbocycles. The lowest BCUT2D eigenvalue weighted by atomic mass is 9.94. The highest BCUT2D eigenvalue weighted by Gasteiger charge is 2.24. The van der Waals surface area contributed by atoms with Crippen molar-refractivity contribution < 1.29 is 4.79 Å². The van der Waals surface area contributed by atoms with E-state index < -0.39 is 0 Å². The second-order valence-corrected chi connectivity index (χ2v) is 7.20. The smallest absolute Gasteiger partial charge is 0.254 e. The molecule has 0 aliphatic carbocycles. The van der Waals surface area contributed by atoms with Crippen LogP contribution in [0, 0.1) is 6.92 Å². The van der Waals surface area contributed by atoms with Crippen molar-refractivity contribution in [2.75, 3.05) is 7.05 Å². The van der Waals surface area contributed by atoms with Gasteiger partial charge in [0, 0.05) is 12.6 Å². The monoisotopic (exact) mass is 365 g/mol. The highest BCUT2D eigenvalue weighted by Crippen LogP contribution is 2.31. The van der Waals surface area contributed by atoms with Crippen molar-refractivity contribution in [3.63, 3.8) is 0 Å². The number of rotatable bonds is 4. The van der Waals surface area contributed by atoms with Gasteiger partial charge in [0.05, 0.1) is 6.04 Å². The average molecular weight is 365 g/mol. The molecule has 0 heterocycles. The summed E-state index contributed by atoms with van der Waals surface area (Å²) in [4.78, 5) is 15.0. The zero-order valence-electron chi connectivity index (χ0n) is 16.2. The Morgan fingerprint density at radius 2 is 1.32 bits per heavy atom. The maximum atomic E-state index is 13.2. The summed E-state index contributed by atoms with van der Waals surface area (Å²) in [6.45, 7) is 2.08. The Bertz CT molecular complexity index is 1100. The van der Waals surface area contributed by atoms with Gasteiger partial charge < -0.3 is 4.90 Å². The lowest BCUT2D eigenvalue weighted by Crippen LogP contribution is -2.32. The minimum Gasteiger partial charge on any atom is -0.331 e. The molecule has 1 amide bonds. The van der Waals surface area contributed by atoms with Gasteiger partial charge in [-0.15, -0.1) is 0 Å². The summed E-state index contributed by atoms with van der Waals surface area (Å²) in [5.74, 6) is 0.0133. The molecular formula is C26H23NO. The molecule has 0 fully saturated rings. The zero-order chi connectivity index (χ0) is 19.5. The molecule has 4 aromatic carbocycles. The first-order chi connectivity index (χ1) is 13.6. The molecule has 4 aromatic rings. The molecule has 0 aliphatic heterocycles. The number of nitrogens with zero attached hydrogens (tertiary/aromatic N) is 1. The van der Waals surface area contributed by atoms with E-state index >= 15 is 0 Å². The van der Waals surface area contributed by atoms with Gasteiger partial charge in [-0.2, -0.15) is 0 Å². The standard InChI is InChI=1S/C26H23NO/c1-19-12-14-21(15-13-19)25(27(2)26(28)22-9-4-3-5-10-22)24-17-16-20-8-6-7-11-23(20)18-24/h3-18,25H,1-2H3. The van der Waals surface area contributed by atoms with E-state index in [4.69, 9.17) is 0 Å². The van der Waals surface area contributed by atoms with E-state index in [9.17, 15) is 4.79 Å². The summed E-state index contributed by atoms with van der Waals surface area (Å²) in [5.41, 5.74) is 4.11. The minimum atomic E-state index is -0.155. The molecular weight excluding hydrogens is 342 g/mol. The number of hydrogen-bond donors (Lipinski definition) is 0. The van der Waals surface area contributed by atoms with Crippen LogP contribution in [0.2, 0.25) is 0 Å². The van der Waals surface area contributed by atoms with Crippen LogP contribution in [-0.2, 0) is 0 Å². The maximum absolute atomic E-state index is 13.2. The fourth-order valence-corrected chi connectivity index (χ4v) is 3.67. The Kier molecular flexibility index (Phi) is 4.94.